The van der Waals surface area contributed by atoms with Gasteiger partial charge in [0.25, 0.3) is 0 Å². The van der Waals surface area contributed by atoms with Crippen molar-refractivity contribution in [2.75, 3.05) is 19.6 Å². The van der Waals surface area contributed by atoms with Crippen molar-refractivity contribution in [1.29, 1.82) is 0 Å². The van der Waals surface area contributed by atoms with E-state index in [2.05, 4.69) is 4.98 Å². The third kappa shape index (κ3) is 3.13. The number of aromatic nitrogens is 2. The van der Waals surface area contributed by atoms with Crippen LogP contribution in [0.25, 0.3) is 0 Å². The van der Waals surface area contributed by atoms with Crippen LogP contribution >= 0.6 is 0 Å². The first kappa shape index (κ1) is 19.4. The Hall–Kier alpha value is -1.89. The highest BCUT2D eigenvalue weighted by Gasteiger charge is 2.49. The molecule has 0 bridgehead atoms. The predicted octanol–water partition coefficient (Wildman–Crippen LogP) is 1.97. The summed E-state index contributed by atoms with van der Waals surface area (Å²) in [7, 11) is 0. The van der Waals surface area contributed by atoms with E-state index in [-0.39, 0.29) is 24.3 Å². The van der Waals surface area contributed by atoms with Crippen molar-refractivity contribution < 1.29 is 14.7 Å². The minimum absolute atomic E-state index is 0.0273. The van der Waals surface area contributed by atoms with Gasteiger partial charge in [-0.1, -0.05) is 6.42 Å². The topological polar surface area (TPSA) is 78.7 Å². The van der Waals surface area contributed by atoms with E-state index in [0.717, 1.165) is 25.2 Å². The number of aryl methyl sites for hydroxylation is 1. The van der Waals surface area contributed by atoms with Crippen LogP contribution in [-0.2, 0) is 16.1 Å². The van der Waals surface area contributed by atoms with E-state index in [1.165, 1.54) is 6.42 Å². The number of carbonyl (C=O) groups excluding carboxylic acids is 2. The molecule has 1 saturated carbocycles. The number of hydrogen-bond acceptors (Lipinski definition) is 4. The van der Waals surface area contributed by atoms with Crippen molar-refractivity contribution in [3.63, 3.8) is 0 Å². The molecule has 4 rings (SSSR count). The Morgan fingerprint density at radius 1 is 1.25 bits per heavy atom. The first-order chi connectivity index (χ1) is 13.5. The van der Waals surface area contributed by atoms with Crippen molar-refractivity contribution >= 4 is 11.8 Å². The molecule has 7 nitrogen and oxygen atoms in total. The van der Waals surface area contributed by atoms with Crippen LogP contribution in [0.4, 0.5) is 0 Å². The van der Waals surface area contributed by atoms with E-state index in [4.69, 9.17) is 0 Å². The molecule has 3 fully saturated rings. The highest BCUT2D eigenvalue weighted by atomic mass is 16.3. The summed E-state index contributed by atoms with van der Waals surface area (Å²) >= 11 is 0. The Morgan fingerprint density at radius 3 is 2.54 bits per heavy atom. The third-order valence-corrected chi connectivity index (χ3v) is 7.25. The molecular weight excluding hydrogens is 356 g/mol. The number of amides is 2. The van der Waals surface area contributed by atoms with Crippen LogP contribution in [0.5, 0.6) is 0 Å². The lowest BCUT2D eigenvalue weighted by molar-refractivity contribution is -0.145. The summed E-state index contributed by atoms with van der Waals surface area (Å²) in [5.41, 5.74) is -0.603. The van der Waals surface area contributed by atoms with Crippen molar-refractivity contribution in [2.24, 2.45) is 11.8 Å². The Morgan fingerprint density at radius 2 is 1.96 bits per heavy atom. The molecule has 3 heterocycles. The molecule has 0 radical (unpaired) electrons. The summed E-state index contributed by atoms with van der Waals surface area (Å²) in [5.74, 6) is 0.875. The van der Waals surface area contributed by atoms with Gasteiger partial charge in [-0.2, -0.15) is 0 Å². The molecule has 28 heavy (non-hydrogen) atoms. The highest BCUT2D eigenvalue weighted by molar-refractivity contribution is 5.90. The molecule has 0 unspecified atom stereocenters. The van der Waals surface area contributed by atoms with Gasteiger partial charge in [0.15, 0.2) is 0 Å². The normalized spacial score (nSPS) is 27.9. The summed E-state index contributed by atoms with van der Waals surface area (Å²) in [6.07, 6.45) is 8.62. The van der Waals surface area contributed by atoms with Gasteiger partial charge < -0.3 is 19.5 Å². The van der Waals surface area contributed by atoms with Gasteiger partial charge in [-0.3, -0.25) is 9.59 Å². The number of aliphatic hydroxyl groups is 1. The van der Waals surface area contributed by atoms with E-state index in [0.29, 0.717) is 38.4 Å². The number of piperidine rings is 1. The molecule has 1 N–H and O–H groups in total. The summed E-state index contributed by atoms with van der Waals surface area (Å²) in [5, 5.41) is 10.9. The minimum Gasteiger partial charge on any atom is -0.389 e. The molecule has 2 amide bonds. The Kier molecular flexibility index (Phi) is 5.21. The Balaban J connectivity index is 1.52. The molecule has 0 aromatic carbocycles. The molecule has 2 atom stereocenters. The largest absolute Gasteiger partial charge is 0.389 e. The van der Waals surface area contributed by atoms with E-state index < -0.39 is 11.5 Å². The maximum atomic E-state index is 13.4. The number of rotatable bonds is 5. The maximum Gasteiger partial charge on any atom is 0.228 e. The number of likely N-dealkylation sites (tertiary alicyclic amines) is 2. The summed E-state index contributed by atoms with van der Waals surface area (Å²) in [6.45, 7) is 6.49. The zero-order chi connectivity index (χ0) is 19.9. The number of nitrogens with zero attached hydrogens (tertiary/aromatic N) is 4. The third-order valence-electron chi connectivity index (χ3n) is 7.25. The lowest BCUT2D eigenvalue weighted by Crippen LogP contribution is -2.53. The second-order valence-corrected chi connectivity index (χ2v) is 8.56. The fourth-order valence-corrected chi connectivity index (χ4v) is 5.26. The lowest BCUT2D eigenvalue weighted by atomic mass is 9.68. The fourth-order valence-electron chi connectivity index (χ4n) is 5.26. The van der Waals surface area contributed by atoms with Gasteiger partial charge in [-0.15, -0.1) is 0 Å². The standard InChI is InChI=1S/C21H32N4O3/c1-3-23-13-10-22-19(23)18-16(14-17(26)25(18)4-2)20(27)24-11-8-21(28,9-12-24)15-6-5-7-15/h10,13,15-16,18,28H,3-9,11-12,14H2,1-2H3/t16-,18-/m0/s1. The van der Waals surface area contributed by atoms with Gasteiger partial charge in [0.05, 0.1) is 11.5 Å². The fraction of sp³-hybridized carbons (Fsp3) is 0.762. The first-order valence-corrected chi connectivity index (χ1v) is 10.8. The van der Waals surface area contributed by atoms with Crippen molar-refractivity contribution in [1.82, 2.24) is 19.4 Å². The molecular formula is C21H32N4O3. The predicted molar refractivity (Wildman–Crippen MR) is 104 cm³/mol. The minimum atomic E-state index is -0.603. The van der Waals surface area contributed by atoms with Crippen LogP contribution in [0.1, 0.15) is 64.2 Å². The van der Waals surface area contributed by atoms with Crippen molar-refractivity contribution in [3.8, 4) is 0 Å². The number of hydrogen-bond donors (Lipinski definition) is 1. The molecule has 2 saturated heterocycles. The summed E-state index contributed by atoms with van der Waals surface area (Å²) < 4.78 is 2.03. The zero-order valence-corrected chi connectivity index (χ0v) is 17.0. The van der Waals surface area contributed by atoms with Crippen LogP contribution in [0.2, 0.25) is 0 Å². The average molecular weight is 389 g/mol. The molecule has 1 aromatic heterocycles. The SMILES string of the molecule is CCN1C(=O)C[C@H](C(=O)N2CCC(O)(C3CCC3)CC2)[C@H]1c1nccn1CC. The summed E-state index contributed by atoms with van der Waals surface area (Å²) in [4.78, 5) is 34.2. The second-order valence-electron chi connectivity index (χ2n) is 8.56. The molecule has 3 aliphatic rings. The average Bonchev–Trinajstić information content (AvgIpc) is 3.23. The van der Waals surface area contributed by atoms with Gasteiger partial charge in [0.1, 0.15) is 11.9 Å². The van der Waals surface area contributed by atoms with Gasteiger partial charge >= 0.3 is 0 Å². The van der Waals surface area contributed by atoms with E-state index in [1.54, 1.807) is 11.1 Å². The maximum absolute atomic E-state index is 13.4. The van der Waals surface area contributed by atoms with Gasteiger partial charge in [-0.25, -0.2) is 4.98 Å². The quantitative estimate of drug-likeness (QED) is 0.836. The van der Waals surface area contributed by atoms with Crippen LogP contribution in [0, 0.1) is 11.8 Å². The van der Waals surface area contributed by atoms with Crippen molar-refractivity contribution in [2.45, 2.75) is 70.6 Å². The molecule has 0 spiro atoms. The van der Waals surface area contributed by atoms with E-state index in [1.807, 2.05) is 29.5 Å². The summed E-state index contributed by atoms with van der Waals surface area (Å²) in [6, 6.07) is -0.299. The van der Waals surface area contributed by atoms with Crippen LogP contribution in [0.15, 0.2) is 12.4 Å². The van der Waals surface area contributed by atoms with Gasteiger partial charge in [-0.05, 0) is 45.4 Å². The van der Waals surface area contributed by atoms with Crippen LogP contribution in [-0.4, -0.2) is 61.5 Å². The molecule has 154 valence electrons. The lowest BCUT2D eigenvalue weighted by Gasteiger charge is -2.47. The highest BCUT2D eigenvalue weighted by Crippen LogP contribution is 2.43. The molecule has 1 aliphatic carbocycles. The molecule has 1 aromatic rings. The van der Waals surface area contributed by atoms with E-state index >= 15 is 0 Å². The van der Waals surface area contributed by atoms with Crippen molar-refractivity contribution in [3.05, 3.63) is 18.2 Å². The van der Waals surface area contributed by atoms with Gasteiger partial charge in [0, 0.05) is 45.0 Å². The molecule has 2 aliphatic heterocycles. The first-order valence-electron chi connectivity index (χ1n) is 10.8. The number of carbonyl (C=O) groups is 2. The Labute approximate surface area is 166 Å². The monoisotopic (exact) mass is 388 g/mol. The van der Waals surface area contributed by atoms with E-state index in [9.17, 15) is 14.7 Å². The van der Waals surface area contributed by atoms with Crippen LogP contribution in [0.3, 0.4) is 0 Å². The second kappa shape index (κ2) is 7.50. The van der Waals surface area contributed by atoms with Crippen LogP contribution < -0.4 is 0 Å². The molecule has 7 heteroatoms. The smallest absolute Gasteiger partial charge is 0.228 e. The Bertz CT molecular complexity index is 734. The number of imidazole rings is 1. The van der Waals surface area contributed by atoms with Gasteiger partial charge in [0.2, 0.25) is 11.8 Å². The zero-order valence-electron chi connectivity index (χ0n) is 17.0.